The van der Waals surface area contributed by atoms with E-state index in [1.165, 1.54) is 12.1 Å². The normalized spacial score (nSPS) is 10.5. The molecule has 0 spiro atoms. The Bertz CT molecular complexity index is 935. The first kappa shape index (κ1) is 24.0. The number of anilines is 2. The van der Waals surface area contributed by atoms with Crippen molar-refractivity contribution in [2.24, 2.45) is 0 Å². The van der Waals surface area contributed by atoms with E-state index < -0.39 is 29.0 Å². The first-order chi connectivity index (χ1) is 13.8. The van der Waals surface area contributed by atoms with Crippen molar-refractivity contribution in [3.05, 3.63) is 35.5 Å². The Morgan fingerprint density at radius 2 is 1.33 bits per heavy atom. The number of allylic oxidation sites excluding steroid dienone is 2. The molecule has 1 aromatic carbocycles. The van der Waals surface area contributed by atoms with Crippen LogP contribution in [0.4, 0.5) is 21.0 Å². The first-order valence-corrected chi connectivity index (χ1v) is 8.89. The quantitative estimate of drug-likeness (QED) is 0.714. The summed E-state index contributed by atoms with van der Waals surface area (Å²) in [4.78, 5) is 26.4. The highest BCUT2D eigenvalue weighted by Crippen LogP contribution is 2.30. The van der Waals surface area contributed by atoms with Crippen molar-refractivity contribution in [2.75, 3.05) is 10.2 Å². The molecule has 0 fully saturated rings. The van der Waals surface area contributed by atoms with Crippen LogP contribution in [0.15, 0.2) is 35.5 Å². The van der Waals surface area contributed by atoms with Crippen LogP contribution in [0, 0.1) is 34.0 Å². The van der Waals surface area contributed by atoms with Crippen LogP contribution < -0.4 is 10.2 Å². The van der Waals surface area contributed by atoms with Gasteiger partial charge in [0, 0.05) is 0 Å². The maximum absolute atomic E-state index is 12.8. The van der Waals surface area contributed by atoms with E-state index in [0.717, 1.165) is 0 Å². The summed E-state index contributed by atoms with van der Waals surface area (Å²) < 4.78 is 10.7. The molecule has 1 N–H and O–H groups in total. The second-order valence-corrected chi connectivity index (χ2v) is 8.02. The summed E-state index contributed by atoms with van der Waals surface area (Å²) in [5.41, 5.74) is -2.44. The molecule has 0 unspecified atom stereocenters. The van der Waals surface area contributed by atoms with Crippen LogP contribution >= 0.6 is 0 Å². The molecule has 9 nitrogen and oxygen atoms in total. The highest BCUT2D eigenvalue weighted by molar-refractivity contribution is 6.11. The molecule has 1 rings (SSSR count). The molecule has 0 radical (unpaired) electrons. The number of hydrogen-bond donors (Lipinski definition) is 1. The lowest BCUT2D eigenvalue weighted by Gasteiger charge is -2.29. The highest BCUT2D eigenvalue weighted by Gasteiger charge is 2.34. The van der Waals surface area contributed by atoms with Crippen LogP contribution in [0.2, 0.25) is 0 Å². The van der Waals surface area contributed by atoms with Crippen LogP contribution in [-0.4, -0.2) is 23.4 Å². The van der Waals surface area contributed by atoms with Crippen molar-refractivity contribution in [3.8, 4) is 18.2 Å². The monoisotopic (exact) mass is 409 g/mol. The van der Waals surface area contributed by atoms with E-state index in [-0.39, 0.29) is 17.1 Å². The minimum absolute atomic E-state index is 0.0176. The van der Waals surface area contributed by atoms with E-state index >= 15 is 0 Å². The number of ether oxygens (including phenoxy) is 2. The second-order valence-electron chi connectivity index (χ2n) is 8.02. The molecule has 0 aliphatic carbocycles. The Hall–Kier alpha value is -4.03. The van der Waals surface area contributed by atoms with Crippen LogP contribution in [0.5, 0.6) is 0 Å². The predicted octanol–water partition coefficient (Wildman–Crippen LogP) is 4.60. The minimum Gasteiger partial charge on any atom is -0.443 e. The Kier molecular flexibility index (Phi) is 7.56. The fourth-order valence-electron chi connectivity index (χ4n) is 2.08. The third kappa shape index (κ3) is 6.85. The van der Waals surface area contributed by atoms with Crippen LogP contribution in [-0.2, 0) is 9.47 Å². The van der Waals surface area contributed by atoms with Gasteiger partial charge in [0.15, 0.2) is 5.57 Å². The molecule has 30 heavy (non-hydrogen) atoms. The Labute approximate surface area is 175 Å². The maximum atomic E-state index is 12.8. The lowest BCUT2D eigenvalue weighted by Crippen LogP contribution is -2.44. The van der Waals surface area contributed by atoms with Gasteiger partial charge in [0.05, 0.1) is 11.4 Å². The summed E-state index contributed by atoms with van der Waals surface area (Å²) in [7, 11) is 0. The van der Waals surface area contributed by atoms with Crippen molar-refractivity contribution in [3.63, 3.8) is 0 Å². The van der Waals surface area contributed by atoms with Gasteiger partial charge in [0.1, 0.15) is 35.1 Å². The van der Waals surface area contributed by atoms with Crippen molar-refractivity contribution in [1.82, 2.24) is 0 Å². The van der Waals surface area contributed by atoms with Crippen molar-refractivity contribution in [1.29, 1.82) is 15.8 Å². The largest absolute Gasteiger partial charge is 0.443 e. The molecular formula is C21H23N5O4. The lowest BCUT2D eigenvalue weighted by atomic mass is 10.2. The molecule has 0 atom stereocenters. The van der Waals surface area contributed by atoms with Gasteiger partial charge in [-0.25, -0.2) is 9.59 Å². The van der Waals surface area contributed by atoms with Gasteiger partial charge in [0.2, 0.25) is 0 Å². The number of nitrogens with one attached hydrogen (secondary N) is 1. The van der Waals surface area contributed by atoms with Crippen molar-refractivity contribution >= 4 is 23.6 Å². The van der Waals surface area contributed by atoms with Gasteiger partial charge in [-0.05, 0) is 53.7 Å². The zero-order valence-electron chi connectivity index (χ0n) is 17.7. The SMILES string of the molecule is CC(C)(C)OC(=O)N(C(=O)OC(C)(C)C)c1ccccc1NC(C#N)=C(C#N)C#N. The molecule has 0 bridgehead atoms. The average Bonchev–Trinajstić information content (AvgIpc) is 2.60. The third-order valence-electron chi connectivity index (χ3n) is 3.14. The van der Waals surface area contributed by atoms with E-state index in [4.69, 9.17) is 20.0 Å². The van der Waals surface area contributed by atoms with Gasteiger partial charge >= 0.3 is 12.2 Å². The minimum atomic E-state index is -0.991. The number of hydrogen-bond acceptors (Lipinski definition) is 8. The predicted molar refractivity (Wildman–Crippen MR) is 109 cm³/mol. The zero-order valence-corrected chi connectivity index (χ0v) is 17.7. The Morgan fingerprint density at radius 3 is 1.73 bits per heavy atom. The van der Waals surface area contributed by atoms with E-state index in [0.29, 0.717) is 4.90 Å². The van der Waals surface area contributed by atoms with Gasteiger partial charge in [-0.15, -0.1) is 0 Å². The second kappa shape index (κ2) is 9.45. The fourth-order valence-corrected chi connectivity index (χ4v) is 2.08. The Morgan fingerprint density at radius 1 is 0.867 bits per heavy atom. The molecule has 0 aromatic heterocycles. The fraction of sp³-hybridized carbons (Fsp3) is 0.381. The third-order valence-corrected chi connectivity index (χ3v) is 3.14. The molecule has 0 aliphatic heterocycles. The summed E-state index contributed by atoms with van der Waals surface area (Å²) in [6.07, 6.45) is -1.98. The number of carbonyl (C=O) groups excluding carboxylic acids is 2. The van der Waals surface area contributed by atoms with Gasteiger partial charge in [-0.1, -0.05) is 12.1 Å². The van der Waals surface area contributed by atoms with E-state index in [9.17, 15) is 14.9 Å². The number of amides is 2. The molecule has 1 aromatic rings. The van der Waals surface area contributed by atoms with E-state index in [1.54, 1.807) is 71.9 Å². The molecule has 0 heterocycles. The van der Waals surface area contributed by atoms with Gasteiger partial charge in [0.25, 0.3) is 0 Å². The van der Waals surface area contributed by atoms with Crippen molar-refractivity contribution < 1.29 is 19.1 Å². The van der Waals surface area contributed by atoms with Crippen LogP contribution in [0.3, 0.4) is 0 Å². The average molecular weight is 409 g/mol. The number of nitriles is 3. The number of rotatable bonds is 3. The number of benzene rings is 1. The molecule has 0 aliphatic rings. The number of para-hydroxylation sites is 2. The first-order valence-electron chi connectivity index (χ1n) is 8.89. The van der Waals surface area contributed by atoms with Crippen LogP contribution in [0.1, 0.15) is 41.5 Å². The molecule has 156 valence electrons. The molecule has 9 heteroatoms. The van der Waals surface area contributed by atoms with Gasteiger partial charge in [-0.2, -0.15) is 20.7 Å². The van der Waals surface area contributed by atoms with E-state index in [1.807, 2.05) is 0 Å². The standard InChI is InChI=1S/C21H23N5O4/c1-20(2,3)29-18(27)26(19(28)30-21(4,5)6)17-10-8-7-9-15(17)25-16(13-24)14(11-22)12-23/h7-10,25H,1-6H3. The van der Waals surface area contributed by atoms with E-state index in [2.05, 4.69) is 5.32 Å². The smallest absolute Gasteiger partial charge is 0.424 e. The molecule has 0 saturated carbocycles. The highest BCUT2D eigenvalue weighted by atomic mass is 16.6. The topological polar surface area (TPSA) is 139 Å². The number of nitrogens with zero attached hydrogens (tertiary/aromatic N) is 4. The molecule has 2 amide bonds. The van der Waals surface area contributed by atoms with Gasteiger partial charge in [-0.3, -0.25) is 0 Å². The molecule has 0 saturated heterocycles. The summed E-state index contributed by atoms with van der Waals surface area (Å²) in [6.45, 7) is 9.86. The van der Waals surface area contributed by atoms with Crippen molar-refractivity contribution in [2.45, 2.75) is 52.7 Å². The molecular weight excluding hydrogens is 386 g/mol. The summed E-state index contributed by atoms with van der Waals surface area (Å²) in [5.74, 6) is 0. The number of imide groups is 1. The van der Waals surface area contributed by atoms with Gasteiger partial charge < -0.3 is 14.8 Å². The summed E-state index contributed by atoms with van der Waals surface area (Å²) in [5, 5.41) is 30.0. The Balaban J connectivity index is 3.56. The lowest BCUT2D eigenvalue weighted by molar-refractivity contribution is 0.0431. The summed E-state index contributed by atoms with van der Waals surface area (Å²) in [6, 6.07) is 11.0. The van der Waals surface area contributed by atoms with Crippen LogP contribution in [0.25, 0.3) is 0 Å². The number of carbonyl (C=O) groups is 2. The zero-order chi connectivity index (χ0) is 23.1. The maximum Gasteiger partial charge on any atom is 0.424 e. The summed E-state index contributed by atoms with van der Waals surface area (Å²) >= 11 is 0.